The van der Waals surface area contributed by atoms with Gasteiger partial charge in [-0.15, -0.1) is 0 Å². The number of nitro benzene ring substituents is 1. The van der Waals surface area contributed by atoms with Crippen molar-refractivity contribution in [3.05, 3.63) is 50.2 Å². The molecule has 0 radical (unpaired) electrons. The number of hydrogen-bond acceptors (Lipinski definition) is 6. The van der Waals surface area contributed by atoms with Gasteiger partial charge in [0.25, 0.3) is 5.69 Å². The second kappa shape index (κ2) is 4.37. The van der Waals surface area contributed by atoms with Crippen molar-refractivity contribution in [3.63, 3.8) is 0 Å². The molecule has 0 aliphatic heterocycles. The van der Waals surface area contributed by atoms with E-state index in [1.807, 2.05) is 0 Å². The first-order valence-electron chi connectivity index (χ1n) is 5.16. The van der Waals surface area contributed by atoms with Gasteiger partial charge in [-0.3, -0.25) is 20.2 Å². The molecule has 0 amide bonds. The van der Waals surface area contributed by atoms with Gasteiger partial charge in [-0.05, 0) is 13.0 Å². The first-order chi connectivity index (χ1) is 8.91. The molecule has 1 aromatic carbocycles. The fourth-order valence-electron chi connectivity index (χ4n) is 1.70. The van der Waals surface area contributed by atoms with Crippen LogP contribution in [0.3, 0.4) is 0 Å². The van der Waals surface area contributed by atoms with Crippen molar-refractivity contribution in [3.8, 4) is 5.69 Å². The molecule has 9 nitrogen and oxygen atoms in total. The summed E-state index contributed by atoms with van der Waals surface area (Å²) in [5.41, 5.74) is 5.65. The zero-order valence-electron chi connectivity index (χ0n) is 9.81. The summed E-state index contributed by atoms with van der Waals surface area (Å²) in [5, 5.41) is 25.4. The molecular weight excluding hydrogens is 254 g/mol. The fraction of sp³-hybridized carbons (Fsp3) is 0.100. The van der Waals surface area contributed by atoms with Gasteiger partial charge in [0.05, 0.1) is 15.5 Å². The maximum atomic E-state index is 10.8. The first-order valence-corrected chi connectivity index (χ1v) is 5.16. The largest absolute Gasteiger partial charge is 0.378 e. The highest BCUT2D eigenvalue weighted by molar-refractivity contribution is 5.60. The van der Waals surface area contributed by atoms with Gasteiger partial charge in [0, 0.05) is 12.1 Å². The third-order valence-electron chi connectivity index (χ3n) is 2.53. The van der Waals surface area contributed by atoms with E-state index in [0.29, 0.717) is 5.69 Å². The quantitative estimate of drug-likeness (QED) is 0.660. The molecule has 0 bridgehead atoms. The Hall–Kier alpha value is -2.97. The Balaban J connectivity index is 2.60. The van der Waals surface area contributed by atoms with Crippen LogP contribution in [0.1, 0.15) is 5.69 Å². The Morgan fingerprint density at radius 2 is 1.95 bits per heavy atom. The Labute approximate surface area is 106 Å². The number of benzene rings is 1. The summed E-state index contributed by atoms with van der Waals surface area (Å²) in [6, 6.07) is 5.53. The molecule has 19 heavy (non-hydrogen) atoms. The summed E-state index contributed by atoms with van der Waals surface area (Å²) >= 11 is 0. The molecule has 0 spiro atoms. The monoisotopic (exact) mass is 263 g/mol. The minimum atomic E-state index is -0.633. The number of nitrogens with two attached hydrogens (primary N) is 1. The predicted molar refractivity (Wildman–Crippen MR) is 66.0 cm³/mol. The van der Waals surface area contributed by atoms with Gasteiger partial charge >= 0.3 is 5.69 Å². The number of rotatable bonds is 3. The number of hydrogen-bond donors (Lipinski definition) is 1. The van der Waals surface area contributed by atoms with Gasteiger partial charge in [-0.1, -0.05) is 6.07 Å². The Morgan fingerprint density at radius 1 is 1.26 bits per heavy atom. The SMILES string of the molecule is Cc1nn(-c2cccc([N+](=O)[O-])c2)c(N)c1[N+](=O)[O-]. The molecule has 2 aromatic rings. The average molecular weight is 263 g/mol. The van der Waals surface area contributed by atoms with E-state index in [-0.39, 0.29) is 22.9 Å². The third-order valence-corrected chi connectivity index (χ3v) is 2.53. The van der Waals surface area contributed by atoms with Gasteiger partial charge in [-0.2, -0.15) is 5.10 Å². The van der Waals surface area contributed by atoms with E-state index in [1.165, 1.54) is 31.2 Å². The second-order valence-corrected chi connectivity index (χ2v) is 3.77. The highest BCUT2D eigenvalue weighted by Gasteiger charge is 2.24. The Morgan fingerprint density at radius 3 is 2.47 bits per heavy atom. The highest BCUT2D eigenvalue weighted by Crippen LogP contribution is 2.28. The lowest BCUT2D eigenvalue weighted by atomic mass is 10.3. The number of nitrogen functional groups attached to an aromatic ring is 1. The van der Waals surface area contributed by atoms with Gasteiger partial charge in [0.2, 0.25) is 5.82 Å². The summed E-state index contributed by atoms with van der Waals surface area (Å²) in [6.45, 7) is 1.45. The molecule has 2 rings (SSSR count). The average Bonchev–Trinajstić information content (AvgIpc) is 2.65. The fourth-order valence-corrected chi connectivity index (χ4v) is 1.70. The number of aromatic nitrogens is 2. The molecule has 9 heteroatoms. The highest BCUT2D eigenvalue weighted by atomic mass is 16.6. The Kier molecular flexibility index (Phi) is 2.87. The van der Waals surface area contributed by atoms with Gasteiger partial charge < -0.3 is 5.73 Å². The zero-order chi connectivity index (χ0) is 14.2. The van der Waals surface area contributed by atoms with E-state index in [2.05, 4.69) is 5.10 Å². The first kappa shape index (κ1) is 12.5. The standard InChI is InChI=1S/C10H9N5O4/c1-6-9(15(18)19)10(11)13(12-6)7-3-2-4-8(5-7)14(16)17/h2-5H,11H2,1H3. The van der Waals surface area contributed by atoms with E-state index in [9.17, 15) is 20.2 Å². The Bertz CT molecular complexity index is 679. The van der Waals surface area contributed by atoms with Crippen molar-refractivity contribution in [1.82, 2.24) is 9.78 Å². The van der Waals surface area contributed by atoms with Gasteiger partial charge in [0.1, 0.15) is 5.69 Å². The van der Waals surface area contributed by atoms with Crippen LogP contribution in [0.25, 0.3) is 5.69 Å². The summed E-state index contributed by atoms with van der Waals surface area (Å²) in [4.78, 5) is 20.3. The van der Waals surface area contributed by atoms with Crippen LogP contribution in [-0.4, -0.2) is 19.6 Å². The zero-order valence-corrected chi connectivity index (χ0v) is 9.81. The molecule has 2 N–H and O–H groups in total. The minimum absolute atomic E-state index is 0.146. The van der Waals surface area contributed by atoms with Crippen LogP contribution < -0.4 is 5.73 Å². The lowest BCUT2D eigenvalue weighted by Crippen LogP contribution is -2.03. The number of non-ortho nitro benzene ring substituents is 1. The predicted octanol–water partition coefficient (Wildman–Crippen LogP) is 1.58. The van der Waals surface area contributed by atoms with Crippen molar-refractivity contribution < 1.29 is 9.85 Å². The van der Waals surface area contributed by atoms with Crippen LogP contribution in [0.4, 0.5) is 17.2 Å². The molecule has 0 aliphatic rings. The summed E-state index contributed by atoms with van der Waals surface area (Å²) in [5.74, 6) is -0.164. The van der Waals surface area contributed by atoms with Gasteiger partial charge in [0.15, 0.2) is 0 Å². The lowest BCUT2D eigenvalue weighted by molar-refractivity contribution is -0.385. The smallest absolute Gasteiger partial charge is 0.333 e. The maximum Gasteiger partial charge on any atom is 0.333 e. The number of aryl methyl sites for hydroxylation is 1. The molecule has 0 saturated heterocycles. The topological polar surface area (TPSA) is 130 Å². The lowest BCUT2D eigenvalue weighted by Gasteiger charge is -2.02. The van der Waals surface area contributed by atoms with Crippen molar-refractivity contribution >= 4 is 17.2 Å². The van der Waals surface area contributed by atoms with Crippen LogP contribution in [0, 0.1) is 27.2 Å². The van der Waals surface area contributed by atoms with Crippen LogP contribution in [0.5, 0.6) is 0 Å². The molecule has 0 atom stereocenters. The number of nitrogens with zero attached hydrogens (tertiary/aromatic N) is 4. The van der Waals surface area contributed by atoms with Crippen molar-refractivity contribution in [1.29, 1.82) is 0 Å². The van der Waals surface area contributed by atoms with Crippen molar-refractivity contribution in [2.75, 3.05) is 5.73 Å². The molecular formula is C10H9N5O4. The normalized spacial score (nSPS) is 10.4. The molecule has 0 unspecified atom stereocenters. The number of anilines is 1. The molecule has 0 fully saturated rings. The van der Waals surface area contributed by atoms with Crippen molar-refractivity contribution in [2.24, 2.45) is 0 Å². The summed E-state index contributed by atoms with van der Waals surface area (Å²) < 4.78 is 1.11. The summed E-state index contributed by atoms with van der Waals surface area (Å²) in [6.07, 6.45) is 0. The second-order valence-electron chi connectivity index (χ2n) is 3.77. The van der Waals surface area contributed by atoms with E-state index >= 15 is 0 Å². The number of nitro groups is 2. The third kappa shape index (κ3) is 2.08. The van der Waals surface area contributed by atoms with E-state index < -0.39 is 9.85 Å². The van der Waals surface area contributed by atoms with Crippen LogP contribution in [0.2, 0.25) is 0 Å². The summed E-state index contributed by atoms with van der Waals surface area (Å²) in [7, 11) is 0. The van der Waals surface area contributed by atoms with Crippen LogP contribution >= 0.6 is 0 Å². The van der Waals surface area contributed by atoms with Crippen molar-refractivity contribution in [2.45, 2.75) is 6.92 Å². The molecule has 1 heterocycles. The van der Waals surface area contributed by atoms with Crippen LogP contribution in [0.15, 0.2) is 24.3 Å². The molecule has 98 valence electrons. The minimum Gasteiger partial charge on any atom is -0.378 e. The van der Waals surface area contributed by atoms with Crippen LogP contribution in [-0.2, 0) is 0 Å². The van der Waals surface area contributed by atoms with E-state index in [4.69, 9.17) is 5.73 Å². The van der Waals surface area contributed by atoms with Gasteiger partial charge in [-0.25, -0.2) is 4.68 Å². The van der Waals surface area contributed by atoms with E-state index in [1.54, 1.807) is 0 Å². The molecule has 0 aliphatic carbocycles. The van der Waals surface area contributed by atoms with E-state index in [0.717, 1.165) is 4.68 Å². The maximum absolute atomic E-state index is 10.8. The molecule has 1 aromatic heterocycles. The molecule has 0 saturated carbocycles.